The Bertz CT molecular complexity index is 340. The quantitative estimate of drug-likeness (QED) is 0.512. The molecule has 5 N–H and O–H groups in total. The molecule has 0 heterocycles. The molecule has 0 aliphatic rings. The smallest absolute Gasteiger partial charge is 0.315 e. The number of hydrogen-bond acceptors (Lipinski definition) is 3. The molecular weight excluding hydrogens is 250 g/mol. The summed E-state index contributed by atoms with van der Waals surface area (Å²) in [5.41, 5.74) is 4.05. The van der Waals surface area contributed by atoms with Gasteiger partial charge in [-0.3, -0.25) is 9.59 Å². The lowest BCUT2D eigenvalue weighted by Crippen LogP contribution is -2.48. The number of carboxylic acids is 1. The summed E-state index contributed by atoms with van der Waals surface area (Å²) in [7, 11) is 0. The average Bonchev–Trinajstić information content (AvgIpc) is 2.29. The molecule has 7 heteroatoms. The highest BCUT2D eigenvalue weighted by atomic mass is 16.4. The number of primary amides is 1. The lowest BCUT2D eigenvalue weighted by molar-refractivity contribution is -0.149. The monoisotopic (exact) mass is 273 g/mol. The Morgan fingerprint density at radius 1 is 1.26 bits per heavy atom. The number of amides is 3. The van der Waals surface area contributed by atoms with Crippen molar-refractivity contribution in [3.8, 4) is 0 Å². The summed E-state index contributed by atoms with van der Waals surface area (Å²) in [4.78, 5) is 33.5. The number of urea groups is 1. The van der Waals surface area contributed by atoms with Crippen LogP contribution in [0.2, 0.25) is 0 Å². The molecule has 0 rings (SSSR count). The first-order valence-electron chi connectivity index (χ1n) is 6.33. The lowest BCUT2D eigenvalue weighted by Gasteiger charge is -2.27. The maximum Gasteiger partial charge on any atom is 0.315 e. The minimum Gasteiger partial charge on any atom is -0.481 e. The van der Waals surface area contributed by atoms with Gasteiger partial charge in [-0.1, -0.05) is 13.8 Å². The average molecular weight is 273 g/mol. The van der Waals surface area contributed by atoms with Crippen molar-refractivity contribution in [2.75, 3.05) is 6.54 Å². The van der Waals surface area contributed by atoms with E-state index in [4.69, 9.17) is 5.73 Å². The first kappa shape index (κ1) is 17.2. The van der Waals surface area contributed by atoms with Gasteiger partial charge in [-0.2, -0.15) is 0 Å². The highest BCUT2D eigenvalue weighted by Crippen LogP contribution is 2.25. The van der Waals surface area contributed by atoms with Gasteiger partial charge in [0, 0.05) is 19.0 Å². The van der Waals surface area contributed by atoms with Crippen LogP contribution in [0.5, 0.6) is 0 Å². The van der Waals surface area contributed by atoms with E-state index >= 15 is 0 Å². The molecule has 0 saturated carbocycles. The van der Waals surface area contributed by atoms with Crippen LogP contribution in [0.15, 0.2) is 0 Å². The number of hydrogen-bond donors (Lipinski definition) is 4. The molecule has 0 aliphatic carbocycles. The minimum atomic E-state index is -0.954. The minimum absolute atomic E-state index is 0.0407. The molecule has 0 fully saturated rings. The number of aliphatic carboxylic acids is 1. The Hall–Kier alpha value is -1.79. The molecule has 0 aromatic rings. The number of carbonyl (C=O) groups is 3. The molecule has 0 aromatic heterocycles. The largest absolute Gasteiger partial charge is 0.481 e. The molecule has 0 bridgehead atoms. The van der Waals surface area contributed by atoms with Gasteiger partial charge in [0.1, 0.15) is 0 Å². The molecule has 19 heavy (non-hydrogen) atoms. The first-order valence-corrected chi connectivity index (χ1v) is 6.33. The maximum absolute atomic E-state index is 11.6. The Morgan fingerprint density at radius 2 is 1.79 bits per heavy atom. The van der Waals surface area contributed by atoms with E-state index < -0.39 is 23.3 Å². The van der Waals surface area contributed by atoms with Crippen LogP contribution in [-0.2, 0) is 9.59 Å². The van der Waals surface area contributed by atoms with E-state index in [0.717, 1.165) is 0 Å². The van der Waals surface area contributed by atoms with Gasteiger partial charge >= 0.3 is 12.0 Å². The van der Waals surface area contributed by atoms with E-state index in [-0.39, 0.29) is 19.0 Å². The van der Waals surface area contributed by atoms with Gasteiger partial charge in [-0.25, -0.2) is 4.79 Å². The molecule has 0 aliphatic heterocycles. The number of rotatable bonds is 8. The molecule has 0 saturated heterocycles. The van der Waals surface area contributed by atoms with Crippen LogP contribution in [0, 0.1) is 5.41 Å². The van der Waals surface area contributed by atoms with Gasteiger partial charge in [0.2, 0.25) is 5.91 Å². The third kappa shape index (κ3) is 5.58. The van der Waals surface area contributed by atoms with Gasteiger partial charge in [0.05, 0.1) is 5.41 Å². The topological polar surface area (TPSA) is 122 Å². The van der Waals surface area contributed by atoms with Gasteiger partial charge in [-0.05, 0) is 19.8 Å². The van der Waals surface area contributed by atoms with Crippen molar-refractivity contribution in [2.45, 2.75) is 46.1 Å². The maximum atomic E-state index is 11.6. The SMILES string of the molecule is CCC(CC)(CNC(=O)NC(C)CC(N)=O)C(=O)O. The van der Waals surface area contributed by atoms with E-state index in [1.807, 2.05) is 0 Å². The molecule has 0 spiro atoms. The second-order valence-electron chi connectivity index (χ2n) is 4.69. The Morgan fingerprint density at radius 3 is 2.16 bits per heavy atom. The van der Waals surface area contributed by atoms with E-state index in [1.165, 1.54) is 0 Å². The van der Waals surface area contributed by atoms with Crippen LogP contribution in [0.25, 0.3) is 0 Å². The Labute approximate surface area is 112 Å². The number of nitrogens with one attached hydrogen (secondary N) is 2. The van der Waals surface area contributed by atoms with Crippen LogP contribution in [0.4, 0.5) is 4.79 Å². The van der Waals surface area contributed by atoms with E-state index in [2.05, 4.69) is 10.6 Å². The lowest BCUT2D eigenvalue weighted by atomic mass is 9.82. The number of nitrogens with two attached hydrogens (primary N) is 1. The number of carbonyl (C=O) groups excluding carboxylic acids is 2. The molecule has 110 valence electrons. The van der Waals surface area contributed by atoms with Gasteiger partial charge in [0.15, 0.2) is 0 Å². The van der Waals surface area contributed by atoms with Crippen molar-refractivity contribution >= 4 is 17.9 Å². The highest BCUT2D eigenvalue weighted by molar-refractivity contribution is 5.79. The summed E-state index contributed by atoms with van der Waals surface area (Å²) < 4.78 is 0. The third-order valence-corrected chi connectivity index (χ3v) is 3.28. The molecule has 0 aromatic carbocycles. The summed E-state index contributed by atoms with van der Waals surface area (Å²) in [6.07, 6.45) is 0.894. The van der Waals surface area contributed by atoms with Crippen molar-refractivity contribution in [3.05, 3.63) is 0 Å². The van der Waals surface area contributed by atoms with Crippen LogP contribution >= 0.6 is 0 Å². The van der Waals surface area contributed by atoms with E-state index in [9.17, 15) is 19.5 Å². The van der Waals surface area contributed by atoms with Gasteiger partial charge < -0.3 is 21.5 Å². The number of carboxylic acid groups (broad SMARTS) is 1. The van der Waals surface area contributed by atoms with Crippen LogP contribution in [-0.4, -0.2) is 35.6 Å². The summed E-state index contributed by atoms with van der Waals surface area (Å²) >= 11 is 0. The Kier molecular flexibility index (Phi) is 6.89. The van der Waals surface area contributed by atoms with Crippen molar-refractivity contribution in [3.63, 3.8) is 0 Å². The molecule has 3 amide bonds. The molecule has 0 radical (unpaired) electrons. The molecular formula is C12H23N3O4. The van der Waals surface area contributed by atoms with E-state index in [0.29, 0.717) is 12.8 Å². The van der Waals surface area contributed by atoms with Crippen molar-refractivity contribution in [2.24, 2.45) is 11.1 Å². The zero-order chi connectivity index (χ0) is 15.1. The fraction of sp³-hybridized carbons (Fsp3) is 0.750. The fourth-order valence-corrected chi connectivity index (χ4v) is 1.76. The predicted molar refractivity (Wildman–Crippen MR) is 70.5 cm³/mol. The first-order chi connectivity index (χ1) is 8.77. The zero-order valence-corrected chi connectivity index (χ0v) is 11.7. The predicted octanol–water partition coefficient (Wildman–Crippen LogP) is 0.441. The Balaban J connectivity index is 4.34. The summed E-state index contributed by atoms with van der Waals surface area (Å²) in [5, 5.41) is 14.3. The van der Waals surface area contributed by atoms with Crippen LogP contribution in [0.1, 0.15) is 40.0 Å². The van der Waals surface area contributed by atoms with Crippen LogP contribution in [0.3, 0.4) is 0 Å². The van der Waals surface area contributed by atoms with Crippen molar-refractivity contribution in [1.82, 2.24) is 10.6 Å². The second-order valence-corrected chi connectivity index (χ2v) is 4.69. The summed E-state index contributed by atoms with van der Waals surface area (Å²) in [6, 6.07) is -0.888. The van der Waals surface area contributed by atoms with E-state index in [1.54, 1.807) is 20.8 Å². The normalized spacial score (nSPS) is 12.6. The zero-order valence-electron chi connectivity index (χ0n) is 11.7. The van der Waals surface area contributed by atoms with Crippen molar-refractivity contribution < 1.29 is 19.5 Å². The second kappa shape index (κ2) is 7.60. The standard InChI is InChI=1S/C12H23N3O4/c1-4-12(5-2,10(17)18)7-14-11(19)15-8(3)6-9(13)16/h8H,4-7H2,1-3H3,(H2,13,16)(H,17,18)(H2,14,15,19). The van der Waals surface area contributed by atoms with Gasteiger partial charge in [0.25, 0.3) is 0 Å². The fourth-order valence-electron chi connectivity index (χ4n) is 1.76. The van der Waals surface area contributed by atoms with Crippen LogP contribution < -0.4 is 16.4 Å². The third-order valence-electron chi connectivity index (χ3n) is 3.28. The van der Waals surface area contributed by atoms with Gasteiger partial charge in [-0.15, -0.1) is 0 Å². The van der Waals surface area contributed by atoms with Crippen molar-refractivity contribution in [1.29, 1.82) is 0 Å². The molecule has 1 unspecified atom stereocenters. The highest BCUT2D eigenvalue weighted by Gasteiger charge is 2.35. The molecule has 7 nitrogen and oxygen atoms in total. The molecule has 1 atom stereocenters. The summed E-state index contributed by atoms with van der Waals surface area (Å²) in [5.74, 6) is -1.43. The summed E-state index contributed by atoms with van der Waals surface area (Å²) in [6.45, 7) is 5.23.